The van der Waals surface area contributed by atoms with Crippen molar-refractivity contribution in [3.63, 3.8) is 0 Å². The molecule has 0 fully saturated rings. The number of amides is 1. The smallest absolute Gasteiger partial charge is 0.260 e. The monoisotopic (exact) mass is 298 g/mol. The fourth-order valence-electron chi connectivity index (χ4n) is 1.07. The molecule has 2 rings (SSSR count). The van der Waals surface area contributed by atoms with Gasteiger partial charge < -0.3 is 0 Å². The molecule has 0 unspecified atom stereocenters. The molecule has 5 nitrogen and oxygen atoms in total. The molecular formula is C9H7BrN4OS. The van der Waals surface area contributed by atoms with Crippen molar-refractivity contribution in [1.29, 1.82) is 0 Å². The Labute approximate surface area is 104 Å². The highest BCUT2D eigenvalue weighted by atomic mass is 79.9. The number of halogens is 1. The number of aryl methyl sites for hydroxylation is 1. The number of hydrogen-bond acceptors (Lipinski definition) is 5. The average Bonchev–Trinajstić information content (AvgIpc) is 2.64. The van der Waals surface area contributed by atoms with Gasteiger partial charge in [-0.05, 0) is 35.0 Å². The largest absolute Gasteiger partial charge is 0.296 e. The fraction of sp³-hybridized carbons (Fsp3) is 0.111. The zero-order chi connectivity index (χ0) is 11.5. The van der Waals surface area contributed by atoms with Crippen LogP contribution in [-0.2, 0) is 0 Å². The Kier molecular flexibility index (Phi) is 3.25. The third-order valence-electron chi connectivity index (χ3n) is 1.75. The first-order chi connectivity index (χ1) is 7.66. The van der Waals surface area contributed by atoms with Gasteiger partial charge in [0.15, 0.2) is 0 Å². The molecule has 0 saturated heterocycles. The molecule has 0 saturated carbocycles. The molecule has 0 aliphatic carbocycles. The summed E-state index contributed by atoms with van der Waals surface area (Å²) in [5.74, 6) is -0.254. The zero-order valence-corrected chi connectivity index (χ0v) is 10.7. The molecular weight excluding hydrogens is 292 g/mol. The maximum absolute atomic E-state index is 11.8. The minimum absolute atomic E-state index is 0.254. The van der Waals surface area contributed by atoms with Gasteiger partial charge in [-0.15, -0.1) is 10.2 Å². The van der Waals surface area contributed by atoms with E-state index in [1.807, 2.05) is 6.92 Å². The van der Waals surface area contributed by atoms with Gasteiger partial charge in [0.2, 0.25) is 5.13 Å². The van der Waals surface area contributed by atoms with Crippen molar-refractivity contribution in [2.75, 3.05) is 5.32 Å². The van der Waals surface area contributed by atoms with E-state index in [1.54, 1.807) is 18.3 Å². The quantitative estimate of drug-likeness (QED) is 0.864. The molecule has 0 spiro atoms. The van der Waals surface area contributed by atoms with Gasteiger partial charge in [-0.25, -0.2) is 4.98 Å². The topological polar surface area (TPSA) is 67.8 Å². The first kappa shape index (κ1) is 11.2. The highest BCUT2D eigenvalue weighted by Gasteiger charge is 2.12. The third-order valence-corrected chi connectivity index (χ3v) is 3.14. The van der Waals surface area contributed by atoms with Crippen LogP contribution in [0.2, 0.25) is 0 Å². The van der Waals surface area contributed by atoms with Crippen LogP contribution in [0.15, 0.2) is 22.9 Å². The lowest BCUT2D eigenvalue weighted by Gasteiger charge is -2.01. The maximum Gasteiger partial charge on any atom is 0.260 e. The van der Waals surface area contributed by atoms with Gasteiger partial charge >= 0.3 is 0 Å². The van der Waals surface area contributed by atoms with E-state index >= 15 is 0 Å². The van der Waals surface area contributed by atoms with Crippen molar-refractivity contribution < 1.29 is 4.79 Å². The van der Waals surface area contributed by atoms with Gasteiger partial charge in [0.05, 0.1) is 5.56 Å². The van der Waals surface area contributed by atoms with Crippen LogP contribution in [0, 0.1) is 6.92 Å². The lowest BCUT2D eigenvalue weighted by atomic mass is 10.3. The van der Waals surface area contributed by atoms with Crippen LogP contribution >= 0.6 is 27.3 Å². The number of nitrogens with zero attached hydrogens (tertiary/aromatic N) is 3. The summed E-state index contributed by atoms with van der Waals surface area (Å²) in [7, 11) is 0. The Morgan fingerprint density at radius 1 is 1.50 bits per heavy atom. The molecule has 16 heavy (non-hydrogen) atoms. The average molecular weight is 299 g/mol. The summed E-state index contributed by atoms with van der Waals surface area (Å²) < 4.78 is 0.508. The van der Waals surface area contributed by atoms with Crippen molar-refractivity contribution in [3.8, 4) is 0 Å². The Hall–Kier alpha value is -1.34. The normalized spacial score (nSPS) is 10.1. The minimum atomic E-state index is -0.254. The first-order valence-electron chi connectivity index (χ1n) is 4.39. The van der Waals surface area contributed by atoms with Crippen molar-refractivity contribution in [1.82, 2.24) is 15.2 Å². The lowest BCUT2D eigenvalue weighted by Crippen LogP contribution is -2.12. The molecule has 0 radical (unpaired) electrons. The van der Waals surface area contributed by atoms with Crippen LogP contribution in [0.1, 0.15) is 15.4 Å². The van der Waals surface area contributed by atoms with Gasteiger partial charge in [0.1, 0.15) is 9.61 Å². The Bertz CT molecular complexity index is 528. The molecule has 0 atom stereocenters. The van der Waals surface area contributed by atoms with E-state index in [4.69, 9.17) is 0 Å². The van der Waals surface area contributed by atoms with Crippen LogP contribution in [0.3, 0.4) is 0 Å². The van der Waals surface area contributed by atoms with E-state index < -0.39 is 0 Å². The maximum atomic E-state index is 11.8. The number of rotatable bonds is 2. The van der Waals surface area contributed by atoms with Crippen LogP contribution in [-0.4, -0.2) is 21.1 Å². The van der Waals surface area contributed by atoms with Crippen LogP contribution < -0.4 is 5.32 Å². The molecule has 0 bridgehead atoms. The van der Waals surface area contributed by atoms with Crippen molar-refractivity contribution in [2.24, 2.45) is 0 Å². The lowest BCUT2D eigenvalue weighted by molar-refractivity contribution is 0.102. The second kappa shape index (κ2) is 4.67. The summed E-state index contributed by atoms with van der Waals surface area (Å²) in [6, 6.07) is 3.38. The van der Waals surface area contributed by atoms with E-state index in [0.29, 0.717) is 15.3 Å². The number of pyridine rings is 1. The number of anilines is 1. The zero-order valence-electron chi connectivity index (χ0n) is 8.27. The van der Waals surface area contributed by atoms with Gasteiger partial charge in [0.25, 0.3) is 5.91 Å². The van der Waals surface area contributed by atoms with E-state index in [9.17, 15) is 4.79 Å². The number of nitrogens with one attached hydrogen (secondary N) is 1. The predicted octanol–water partition coefficient (Wildman–Crippen LogP) is 2.26. The highest BCUT2D eigenvalue weighted by molar-refractivity contribution is 9.10. The molecule has 1 N–H and O–H groups in total. The molecule has 0 aromatic carbocycles. The SMILES string of the molecule is Cc1nnc(NC(=O)c2cccnc2Br)s1. The molecule has 7 heteroatoms. The van der Waals surface area contributed by atoms with Gasteiger partial charge in [-0.2, -0.15) is 0 Å². The first-order valence-corrected chi connectivity index (χ1v) is 6.00. The summed E-state index contributed by atoms with van der Waals surface area (Å²) >= 11 is 4.54. The number of hydrogen-bond donors (Lipinski definition) is 1. The summed E-state index contributed by atoms with van der Waals surface area (Å²) in [5.41, 5.74) is 0.468. The van der Waals surface area contributed by atoms with Gasteiger partial charge in [0, 0.05) is 6.20 Å². The Morgan fingerprint density at radius 2 is 2.31 bits per heavy atom. The van der Waals surface area contributed by atoms with Crippen molar-refractivity contribution >= 4 is 38.3 Å². The number of carbonyl (C=O) groups is 1. The minimum Gasteiger partial charge on any atom is -0.296 e. The van der Waals surface area contributed by atoms with Gasteiger partial charge in [-0.1, -0.05) is 11.3 Å². The summed E-state index contributed by atoms with van der Waals surface area (Å²) in [4.78, 5) is 15.8. The molecule has 2 aromatic heterocycles. The second-order valence-electron chi connectivity index (χ2n) is 2.92. The Morgan fingerprint density at radius 3 is 2.94 bits per heavy atom. The van der Waals surface area contributed by atoms with E-state index in [0.717, 1.165) is 5.01 Å². The summed E-state index contributed by atoms with van der Waals surface area (Å²) in [5, 5.41) is 11.6. The number of carbonyl (C=O) groups excluding carboxylic acids is 1. The molecule has 2 aromatic rings. The molecule has 1 amide bonds. The standard InChI is InChI=1S/C9H7BrN4OS/c1-5-13-14-9(16-5)12-8(15)6-3-2-4-11-7(6)10/h2-4H,1H3,(H,12,14,15). The molecule has 82 valence electrons. The second-order valence-corrected chi connectivity index (χ2v) is 4.85. The van der Waals surface area contributed by atoms with Gasteiger partial charge in [-0.3, -0.25) is 10.1 Å². The van der Waals surface area contributed by atoms with Crippen LogP contribution in [0.25, 0.3) is 0 Å². The number of aromatic nitrogens is 3. The van der Waals surface area contributed by atoms with E-state index in [1.165, 1.54) is 11.3 Å². The van der Waals surface area contributed by atoms with E-state index in [-0.39, 0.29) is 5.91 Å². The van der Waals surface area contributed by atoms with Crippen LogP contribution in [0.4, 0.5) is 5.13 Å². The molecule has 0 aliphatic heterocycles. The van der Waals surface area contributed by atoms with Crippen LogP contribution in [0.5, 0.6) is 0 Å². The van der Waals surface area contributed by atoms with Crippen molar-refractivity contribution in [3.05, 3.63) is 33.5 Å². The predicted molar refractivity (Wildman–Crippen MR) is 64.5 cm³/mol. The van der Waals surface area contributed by atoms with Crippen molar-refractivity contribution in [2.45, 2.75) is 6.92 Å². The summed E-state index contributed by atoms with van der Waals surface area (Å²) in [6.07, 6.45) is 1.61. The van der Waals surface area contributed by atoms with E-state index in [2.05, 4.69) is 36.4 Å². The highest BCUT2D eigenvalue weighted by Crippen LogP contribution is 2.17. The summed E-state index contributed by atoms with van der Waals surface area (Å²) in [6.45, 7) is 1.83. The molecule has 0 aliphatic rings. The Balaban J connectivity index is 2.18. The fourth-order valence-corrected chi connectivity index (χ4v) is 2.08. The molecule has 2 heterocycles. The third kappa shape index (κ3) is 2.42.